The van der Waals surface area contributed by atoms with Crippen LogP contribution >= 0.6 is 12.4 Å². The van der Waals surface area contributed by atoms with Crippen molar-refractivity contribution in [1.29, 1.82) is 0 Å². The van der Waals surface area contributed by atoms with E-state index in [1.807, 2.05) is 11.6 Å². The molecule has 1 aromatic rings. The van der Waals surface area contributed by atoms with Crippen molar-refractivity contribution < 1.29 is 9.53 Å². The number of halogens is 1. The van der Waals surface area contributed by atoms with Gasteiger partial charge in [-0.15, -0.1) is 17.5 Å². The summed E-state index contributed by atoms with van der Waals surface area (Å²) in [5, 5.41) is 14.9. The van der Waals surface area contributed by atoms with Crippen molar-refractivity contribution >= 4 is 18.3 Å². The monoisotopic (exact) mass is 371 g/mol. The van der Waals surface area contributed by atoms with Crippen LogP contribution in [-0.2, 0) is 4.74 Å². The van der Waals surface area contributed by atoms with Gasteiger partial charge in [0.2, 0.25) is 0 Å². The number of carbonyl (C=O) groups excluding carboxylic acids is 1. The van der Waals surface area contributed by atoms with Gasteiger partial charge in [-0.25, -0.2) is 4.68 Å². The van der Waals surface area contributed by atoms with E-state index in [1.54, 1.807) is 7.11 Å². The molecule has 2 unspecified atom stereocenters. The molecule has 1 aromatic heterocycles. The van der Waals surface area contributed by atoms with Gasteiger partial charge in [-0.1, -0.05) is 19.1 Å². The highest BCUT2D eigenvalue weighted by atomic mass is 35.5. The molecule has 0 spiro atoms. The molecule has 2 aliphatic rings. The summed E-state index contributed by atoms with van der Waals surface area (Å²) in [6, 6.07) is 0.413. The van der Waals surface area contributed by atoms with E-state index in [2.05, 4.69) is 41.7 Å². The fourth-order valence-electron chi connectivity index (χ4n) is 3.90. The lowest BCUT2D eigenvalue weighted by Crippen LogP contribution is -2.68. The topological polar surface area (TPSA) is 81.1 Å². The van der Waals surface area contributed by atoms with Crippen molar-refractivity contribution in [2.24, 2.45) is 5.41 Å². The summed E-state index contributed by atoms with van der Waals surface area (Å²) in [5.74, 6) is -0.135. The molecule has 0 radical (unpaired) electrons. The molecule has 142 valence electrons. The Kier molecular flexibility index (Phi) is 5.81. The van der Waals surface area contributed by atoms with E-state index < -0.39 is 0 Å². The zero-order valence-electron chi connectivity index (χ0n) is 15.8. The Morgan fingerprint density at radius 3 is 2.52 bits per heavy atom. The predicted molar refractivity (Wildman–Crippen MR) is 98.2 cm³/mol. The molecule has 2 N–H and O–H groups in total. The molecule has 3 rings (SSSR count). The average Bonchev–Trinajstić information content (AvgIpc) is 2.96. The Hall–Kier alpha value is -1.18. The van der Waals surface area contributed by atoms with E-state index in [1.165, 1.54) is 0 Å². The Morgan fingerprint density at radius 2 is 1.96 bits per heavy atom. The van der Waals surface area contributed by atoms with Gasteiger partial charge in [-0.3, -0.25) is 4.79 Å². The van der Waals surface area contributed by atoms with Crippen LogP contribution in [0.5, 0.6) is 0 Å². The maximum Gasteiger partial charge on any atom is 0.273 e. The van der Waals surface area contributed by atoms with Crippen LogP contribution in [0.1, 0.15) is 62.3 Å². The van der Waals surface area contributed by atoms with Gasteiger partial charge < -0.3 is 15.4 Å². The summed E-state index contributed by atoms with van der Waals surface area (Å²) in [6.07, 6.45) is 2.85. The third-order valence-electron chi connectivity index (χ3n) is 6.38. The first-order valence-electron chi connectivity index (χ1n) is 8.78. The van der Waals surface area contributed by atoms with Crippen molar-refractivity contribution in [3.8, 4) is 0 Å². The SMILES string of the molecule is COC1(C)CC(NC(=O)c2nnn(C3CCNCC3)c2C)C1(C)C.Cl. The van der Waals surface area contributed by atoms with E-state index in [9.17, 15) is 4.79 Å². The third-order valence-corrected chi connectivity index (χ3v) is 6.38. The number of nitrogens with one attached hydrogen (secondary N) is 2. The van der Waals surface area contributed by atoms with Gasteiger partial charge in [0.1, 0.15) is 0 Å². The molecule has 1 amide bonds. The van der Waals surface area contributed by atoms with Gasteiger partial charge in [-0.2, -0.15) is 0 Å². The molecular formula is C17H30ClN5O2. The van der Waals surface area contributed by atoms with Gasteiger partial charge in [-0.05, 0) is 46.2 Å². The lowest BCUT2D eigenvalue weighted by atomic mass is 9.56. The smallest absolute Gasteiger partial charge is 0.273 e. The second-order valence-electron chi connectivity index (χ2n) is 7.84. The summed E-state index contributed by atoms with van der Waals surface area (Å²) in [7, 11) is 1.73. The van der Waals surface area contributed by atoms with Crippen LogP contribution in [0.2, 0.25) is 0 Å². The zero-order chi connectivity index (χ0) is 17.5. The number of hydrogen-bond donors (Lipinski definition) is 2. The first-order chi connectivity index (χ1) is 11.3. The van der Waals surface area contributed by atoms with Crippen LogP contribution in [0.3, 0.4) is 0 Å². The lowest BCUT2D eigenvalue weighted by Gasteiger charge is -2.59. The third kappa shape index (κ3) is 3.29. The van der Waals surface area contributed by atoms with E-state index in [-0.39, 0.29) is 35.4 Å². The Balaban J connectivity index is 0.00000225. The molecule has 1 saturated heterocycles. The molecule has 1 saturated carbocycles. The number of amides is 1. The van der Waals surface area contributed by atoms with E-state index >= 15 is 0 Å². The number of ether oxygens (including phenoxy) is 1. The fourth-order valence-corrected chi connectivity index (χ4v) is 3.90. The predicted octanol–water partition coefficient (Wildman–Crippen LogP) is 1.87. The summed E-state index contributed by atoms with van der Waals surface area (Å²) in [4.78, 5) is 12.7. The largest absolute Gasteiger partial charge is 0.378 e. The molecule has 0 bridgehead atoms. The van der Waals surface area contributed by atoms with Gasteiger partial charge in [0.05, 0.1) is 17.3 Å². The molecule has 2 fully saturated rings. The van der Waals surface area contributed by atoms with Crippen molar-refractivity contribution in [3.05, 3.63) is 11.4 Å². The minimum Gasteiger partial charge on any atom is -0.378 e. The summed E-state index contributed by atoms with van der Waals surface area (Å²) >= 11 is 0. The highest BCUT2D eigenvalue weighted by Crippen LogP contribution is 2.51. The van der Waals surface area contributed by atoms with Crippen LogP contribution < -0.4 is 10.6 Å². The van der Waals surface area contributed by atoms with Crippen LogP contribution in [0.4, 0.5) is 0 Å². The van der Waals surface area contributed by atoms with Gasteiger partial charge >= 0.3 is 0 Å². The van der Waals surface area contributed by atoms with Crippen molar-refractivity contribution in [1.82, 2.24) is 25.6 Å². The first-order valence-corrected chi connectivity index (χ1v) is 8.78. The molecule has 1 aliphatic carbocycles. The van der Waals surface area contributed by atoms with Gasteiger partial charge in [0.15, 0.2) is 5.69 Å². The van der Waals surface area contributed by atoms with Crippen LogP contribution in [0, 0.1) is 12.3 Å². The highest BCUT2D eigenvalue weighted by molar-refractivity contribution is 5.93. The number of nitrogens with zero attached hydrogens (tertiary/aromatic N) is 3. The Bertz CT molecular complexity index is 627. The number of piperidine rings is 1. The minimum absolute atomic E-state index is 0. The second kappa shape index (κ2) is 7.21. The van der Waals surface area contributed by atoms with E-state index in [0.29, 0.717) is 11.7 Å². The lowest BCUT2D eigenvalue weighted by molar-refractivity contribution is -0.177. The standard InChI is InChI=1S/C17H29N5O2.ClH/c1-11-14(20-21-22(11)12-6-8-18-9-7-12)15(23)19-13-10-17(4,24-5)16(13,2)3;/h12-13,18H,6-10H2,1-5H3,(H,19,23);1H. The molecule has 0 aromatic carbocycles. The summed E-state index contributed by atoms with van der Waals surface area (Å²) < 4.78 is 7.54. The second-order valence-corrected chi connectivity index (χ2v) is 7.84. The molecule has 1 aliphatic heterocycles. The fraction of sp³-hybridized carbons (Fsp3) is 0.824. The average molecular weight is 372 g/mol. The quantitative estimate of drug-likeness (QED) is 0.844. The molecule has 7 nitrogen and oxygen atoms in total. The zero-order valence-corrected chi connectivity index (χ0v) is 16.6. The molecule has 2 atom stereocenters. The number of hydrogen-bond acceptors (Lipinski definition) is 5. The highest BCUT2D eigenvalue weighted by Gasteiger charge is 2.58. The maximum atomic E-state index is 12.7. The Labute approximate surface area is 155 Å². The molecule has 25 heavy (non-hydrogen) atoms. The van der Waals surface area contributed by atoms with Gasteiger partial charge in [0, 0.05) is 18.6 Å². The van der Waals surface area contributed by atoms with E-state index in [4.69, 9.17) is 4.74 Å². The maximum absolute atomic E-state index is 12.7. The van der Waals surface area contributed by atoms with Crippen LogP contribution in [0.15, 0.2) is 0 Å². The number of aromatic nitrogens is 3. The van der Waals surface area contributed by atoms with Crippen molar-refractivity contribution in [3.63, 3.8) is 0 Å². The molecular weight excluding hydrogens is 342 g/mol. The van der Waals surface area contributed by atoms with Crippen LogP contribution in [0.25, 0.3) is 0 Å². The summed E-state index contributed by atoms with van der Waals surface area (Å²) in [6.45, 7) is 10.2. The molecule has 2 heterocycles. The summed E-state index contributed by atoms with van der Waals surface area (Å²) in [5.41, 5.74) is 0.977. The number of carbonyl (C=O) groups is 1. The van der Waals surface area contributed by atoms with Crippen molar-refractivity contribution in [2.45, 2.75) is 64.6 Å². The number of methoxy groups -OCH3 is 1. The number of rotatable bonds is 4. The van der Waals surface area contributed by atoms with Crippen LogP contribution in [-0.4, -0.2) is 52.7 Å². The first kappa shape index (κ1) is 20.1. The minimum atomic E-state index is -0.202. The Morgan fingerprint density at radius 1 is 1.32 bits per heavy atom. The van der Waals surface area contributed by atoms with E-state index in [0.717, 1.165) is 38.0 Å². The molecule has 8 heteroatoms. The van der Waals surface area contributed by atoms with Gasteiger partial charge in [0.25, 0.3) is 5.91 Å². The normalized spacial score (nSPS) is 28.8. The van der Waals surface area contributed by atoms with Crippen molar-refractivity contribution in [2.75, 3.05) is 20.2 Å².